The van der Waals surface area contributed by atoms with Gasteiger partial charge in [-0.3, -0.25) is 0 Å². The van der Waals surface area contributed by atoms with Crippen LogP contribution in [0.4, 0.5) is 5.69 Å². The largest absolute Gasteiger partial charge is 0.398 e. The smallest absolute Gasteiger partial charge is 0.241 e. The van der Waals surface area contributed by atoms with Crippen LogP contribution in [-0.2, 0) is 20.0 Å². The van der Waals surface area contributed by atoms with Gasteiger partial charge >= 0.3 is 0 Å². The molecule has 0 saturated heterocycles. The summed E-state index contributed by atoms with van der Waals surface area (Å²) in [6.07, 6.45) is 0. The van der Waals surface area contributed by atoms with Gasteiger partial charge in [-0.1, -0.05) is 6.07 Å². The minimum Gasteiger partial charge on any atom is -0.398 e. The van der Waals surface area contributed by atoms with Gasteiger partial charge in [0.2, 0.25) is 20.0 Å². The highest BCUT2D eigenvalue weighted by Crippen LogP contribution is 2.27. The quantitative estimate of drug-likeness (QED) is 0.579. The Labute approximate surface area is 93.3 Å². The maximum atomic E-state index is 11.3. The molecule has 0 fully saturated rings. The minimum absolute atomic E-state index is 0.167. The van der Waals surface area contributed by atoms with Gasteiger partial charge in [-0.05, 0) is 18.6 Å². The highest BCUT2D eigenvalue weighted by Gasteiger charge is 2.26. The van der Waals surface area contributed by atoms with Crippen LogP contribution in [0.3, 0.4) is 0 Å². The Morgan fingerprint density at radius 1 is 0.938 bits per heavy atom. The Morgan fingerprint density at radius 2 is 1.38 bits per heavy atom. The fraction of sp³-hybridized carbons (Fsp3) is 0.143. The lowest BCUT2D eigenvalue weighted by atomic mass is 10.2. The van der Waals surface area contributed by atoms with E-state index in [0.29, 0.717) is 0 Å². The molecule has 0 heterocycles. The zero-order valence-electron chi connectivity index (χ0n) is 8.34. The molecule has 0 radical (unpaired) electrons. The van der Waals surface area contributed by atoms with Crippen LogP contribution in [0.5, 0.6) is 0 Å². The van der Waals surface area contributed by atoms with E-state index >= 15 is 0 Å². The summed E-state index contributed by atoms with van der Waals surface area (Å²) in [5.41, 5.74) is 5.31. The van der Waals surface area contributed by atoms with Crippen LogP contribution in [0.15, 0.2) is 21.9 Å². The van der Waals surface area contributed by atoms with E-state index in [1.54, 1.807) is 0 Å². The summed E-state index contributed by atoms with van der Waals surface area (Å²) in [5, 5.41) is 9.82. The second-order valence-corrected chi connectivity index (χ2v) is 6.22. The van der Waals surface area contributed by atoms with Gasteiger partial charge in [-0.25, -0.2) is 27.1 Å². The van der Waals surface area contributed by atoms with Crippen molar-refractivity contribution >= 4 is 25.7 Å². The fourth-order valence-corrected chi connectivity index (χ4v) is 3.73. The number of hydrogen-bond donors (Lipinski definition) is 3. The van der Waals surface area contributed by atoms with Gasteiger partial charge in [0.1, 0.15) is 9.79 Å². The Kier molecular flexibility index (Phi) is 2.98. The molecule has 0 atom stereocenters. The summed E-state index contributed by atoms with van der Waals surface area (Å²) in [6.45, 7) is 1.40. The summed E-state index contributed by atoms with van der Waals surface area (Å²) >= 11 is 0. The number of nitrogens with two attached hydrogens (primary N) is 3. The lowest BCUT2D eigenvalue weighted by Crippen LogP contribution is -2.23. The SMILES string of the molecule is Cc1ccc(N)c(S(N)(=O)=O)c1S(N)(=O)=O. The number of primary sulfonamides is 2. The standard InChI is InChI=1S/C7H11N3O4S2/c1-4-2-3-5(8)7(16(10,13)14)6(4)15(9,11)12/h2-3H,8H2,1H3,(H2,9,11,12)(H2,10,13,14). The van der Waals surface area contributed by atoms with Gasteiger partial charge in [-0.2, -0.15) is 0 Å². The van der Waals surface area contributed by atoms with Gasteiger partial charge < -0.3 is 5.73 Å². The number of anilines is 1. The molecule has 0 aliphatic rings. The first-order valence-corrected chi connectivity index (χ1v) is 7.09. The summed E-state index contributed by atoms with van der Waals surface area (Å²) in [7, 11) is -8.46. The molecular weight excluding hydrogens is 254 g/mol. The van der Waals surface area contributed by atoms with Crippen molar-refractivity contribution in [3.63, 3.8) is 0 Å². The molecule has 9 heteroatoms. The van der Waals surface area contributed by atoms with E-state index in [9.17, 15) is 16.8 Å². The normalized spacial score (nSPS) is 12.7. The lowest BCUT2D eigenvalue weighted by molar-refractivity contribution is 0.584. The molecule has 0 aliphatic heterocycles. The third-order valence-corrected chi connectivity index (χ3v) is 4.14. The van der Waals surface area contributed by atoms with E-state index in [0.717, 1.165) is 0 Å². The molecule has 7 nitrogen and oxygen atoms in total. The molecule has 1 rings (SSSR count). The first kappa shape index (κ1) is 12.9. The summed E-state index contributed by atoms with van der Waals surface area (Å²) < 4.78 is 45.1. The fourth-order valence-electron chi connectivity index (χ4n) is 1.32. The summed E-state index contributed by atoms with van der Waals surface area (Å²) in [4.78, 5) is -1.22. The maximum absolute atomic E-state index is 11.3. The first-order chi connectivity index (χ1) is 7.05. The molecule has 0 aromatic heterocycles. The molecule has 1 aromatic carbocycles. The Balaban J connectivity index is 3.93. The topological polar surface area (TPSA) is 146 Å². The molecule has 0 saturated carbocycles. The van der Waals surface area contributed by atoms with Gasteiger partial charge in [0.15, 0.2) is 0 Å². The lowest BCUT2D eigenvalue weighted by Gasteiger charge is -2.11. The van der Waals surface area contributed by atoms with Gasteiger partial charge in [0.05, 0.1) is 5.69 Å². The summed E-state index contributed by atoms with van der Waals surface area (Å²) in [5.74, 6) is 0. The van der Waals surface area contributed by atoms with Crippen molar-refractivity contribution in [3.8, 4) is 0 Å². The van der Waals surface area contributed by atoms with Crippen molar-refractivity contribution in [2.45, 2.75) is 16.7 Å². The average Bonchev–Trinajstić information content (AvgIpc) is 2.04. The van der Waals surface area contributed by atoms with E-state index in [2.05, 4.69) is 0 Å². The van der Waals surface area contributed by atoms with Crippen molar-refractivity contribution in [3.05, 3.63) is 17.7 Å². The van der Waals surface area contributed by atoms with E-state index < -0.39 is 29.8 Å². The van der Waals surface area contributed by atoms with Gasteiger partial charge in [-0.15, -0.1) is 0 Å². The third-order valence-electron chi connectivity index (χ3n) is 1.91. The summed E-state index contributed by atoms with van der Waals surface area (Å²) in [6, 6.07) is 2.60. The number of nitrogen functional groups attached to an aromatic ring is 1. The van der Waals surface area contributed by atoms with Crippen LogP contribution < -0.4 is 16.0 Å². The number of sulfonamides is 2. The molecule has 0 aliphatic carbocycles. The highest BCUT2D eigenvalue weighted by atomic mass is 32.2. The average molecular weight is 265 g/mol. The zero-order chi connectivity index (χ0) is 12.7. The molecule has 1 aromatic rings. The van der Waals surface area contributed by atoms with Crippen molar-refractivity contribution in [1.29, 1.82) is 0 Å². The van der Waals surface area contributed by atoms with E-state index in [4.69, 9.17) is 16.0 Å². The van der Waals surface area contributed by atoms with Crippen molar-refractivity contribution in [1.82, 2.24) is 0 Å². The number of aryl methyl sites for hydroxylation is 1. The van der Waals surface area contributed by atoms with Crippen LogP contribution in [0.2, 0.25) is 0 Å². The minimum atomic E-state index is -4.25. The monoisotopic (exact) mass is 265 g/mol. The Hall–Kier alpha value is -1.16. The van der Waals surface area contributed by atoms with Gasteiger partial charge in [0.25, 0.3) is 0 Å². The molecule has 0 unspecified atom stereocenters. The third kappa shape index (κ3) is 2.32. The van der Waals surface area contributed by atoms with Crippen molar-refractivity contribution in [2.24, 2.45) is 10.3 Å². The molecule has 90 valence electrons. The molecule has 6 N–H and O–H groups in total. The molecule has 16 heavy (non-hydrogen) atoms. The predicted molar refractivity (Wildman–Crippen MR) is 58.3 cm³/mol. The molecule has 0 bridgehead atoms. The molecular formula is C7H11N3O4S2. The van der Waals surface area contributed by atoms with E-state index in [1.807, 2.05) is 0 Å². The predicted octanol–water partition coefficient (Wildman–Crippen LogP) is -1.13. The van der Waals surface area contributed by atoms with Crippen molar-refractivity contribution in [2.75, 3.05) is 5.73 Å². The maximum Gasteiger partial charge on any atom is 0.241 e. The van der Waals surface area contributed by atoms with Crippen LogP contribution in [0, 0.1) is 6.92 Å². The number of rotatable bonds is 2. The zero-order valence-corrected chi connectivity index (χ0v) is 9.97. The van der Waals surface area contributed by atoms with Gasteiger partial charge in [0, 0.05) is 0 Å². The second-order valence-electron chi connectivity index (χ2n) is 3.22. The molecule has 0 spiro atoms. The second kappa shape index (κ2) is 3.70. The first-order valence-electron chi connectivity index (χ1n) is 4.00. The van der Waals surface area contributed by atoms with Crippen LogP contribution in [0.25, 0.3) is 0 Å². The van der Waals surface area contributed by atoms with Crippen LogP contribution in [-0.4, -0.2) is 16.8 Å². The Bertz CT molecular complexity index is 577. The van der Waals surface area contributed by atoms with E-state index in [-0.39, 0.29) is 11.3 Å². The van der Waals surface area contributed by atoms with Crippen molar-refractivity contribution < 1.29 is 16.8 Å². The number of hydrogen-bond acceptors (Lipinski definition) is 5. The van der Waals surface area contributed by atoms with Crippen LogP contribution in [0.1, 0.15) is 5.56 Å². The number of benzene rings is 1. The molecule has 0 amide bonds. The van der Waals surface area contributed by atoms with E-state index in [1.165, 1.54) is 19.1 Å². The Morgan fingerprint density at radius 3 is 1.69 bits per heavy atom. The highest BCUT2D eigenvalue weighted by molar-refractivity contribution is 7.92. The van der Waals surface area contributed by atoms with Crippen LogP contribution >= 0.6 is 0 Å².